The molecule has 0 aromatic heterocycles. The maximum absolute atomic E-state index is 6.31. The second kappa shape index (κ2) is 7.15. The fourth-order valence-electron chi connectivity index (χ4n) is 3.90. The highest BCUT2D eigenvalue weighted by Gasteiger charge is 2.30. The Morgan fingerprint density at radius 1 is 1.24 bits per heavy atom. The van der Waals surface area contributed by atoms with Gasteiger partial charge in [-0.15, -0.1) is 0 Å². The van der Waals surface area contributed by atoms with Gasteiger partial charge in [0.2, 0.25) is 0 Å². The van der Waals surface area contributed by atoms with Crippen molar-refractivity contribution < 1.29 is 4.74 Å². The van der Waals surface area contributed by atoms with E-state index in [2.05, 4.69) is 46.4 Å². The van der Waals surface area contributed by atoms with Crippen LogP contribution in [0.5, 0.6) is 5.75 Å². The summed E-state index contributed by atoms with van der Waals surface area (Å²) in [4.78, 5) is 0. The smallest absolute Gasteiger partial charge is 0.124 e. The van der Waals surface area contributed by atoms with Gasteiger partial charge in [-0.25, -0.2) is 0 Å². The topological polar surface area (TPSA) is 21.3 Å². The van der Waals surface area contributed by atoms with Gasteiger partial charge in [0, 0.05) is 22.5 Å². The fraction of sp³-hybridized carbons (Fsp3) is 0.667. The molecule has 1 saturated carbocycles. The first-order valence-electron chi connectivity index (χ1n) is 8.45. The highest BCUT2D eigenvalue weighted by Crippen LogP contribution is 2.39. The third-order valence-corrected chi connectivity index (χ3v) is 5.40. The lowest BCUT2D eigenvalue weighted by Gasteiger charge is -2.35. The molecule has 0 saturated heterocycles. The average Bonchev–Trinajstić information content (AvgIpc) is 2.49. The van der Waals surface area contributed by atoms with Crippen LogP contribution in [-0.4, -0.2) is 12.6 Å². The van der Waals surface area contributed by atoms with E-state index >= 15 is 0 Å². The summed E-state index contributed by atoms with van der Waals surface area (Å²) in [6.07, 6.45) is 9.78. The summed E-state index contributed by atoms with van der Waals surface area (Å²) in [5.41, 5.74) is 1.31. The molecule has 1 aromatic rings. The Kier molecular flexibility index (Phi) is 5.23. The van der Waals surface area contributed by atoms with Crippen LogP contribution >= 0.6 is 15.9 Å². The quantitative estimate of drug-likeness (QED) is 0.802. The van der Waals surface area contributed by atoms with Gasteiger partial charge in [-0.05, 0) is 37.1 Å². The van der Waals surface area contributed by atoms with Gasteiger partial charge in [-0.1, -0.05) is 55.0 Å². The summed E-state index contributed by atoms with van der Waals surface area (Å²) in [7, 11) is 0. The maximum Gasteiger partial charge on any atom is 0.124 e. The summed E-state index contributed by atoms with van der Waals surface area (Å²) < 4.78 is 7.44. The number of fused-ring (bicyclic) bond motifs is 1. The zero-order valence-corrected chi connectivity index (χ0v) is 14.5. The second-order valence-corrected chi connectivity index (χ2v) is 7.42. The van der Waals surface area contributed by atoms with Crippen LogP contribution in [0.15, 0.2) is 22.7 Å². The predicted octanol–water partition coefficient (Wildman–Crippen LogP) is 5.22. The van der Waals surface area contributed by atoms with Crippen LogP contribution in [-0.2, 0) is 0 Å². The molecule has 3 rings (SSSR count). The maximum atomic E-state index is 6.31. The Bertz CT molecular complexity index is 470. The van der Waals surface area contributed by atoms with E-state index in [1.807, 2.05) is 0 Å². The van der Waals surface area contributed by atoms with Crippen LogP contribution in [0.1, 0.15) is 63.5 Å². The van der Waals surface area contributed by atoms with E-state index in [-0.39, 0.29) is 0 Å². The van der Waals surface area contributed by atoms with E-state index in [9.17, 15) is 0 Å². The van der Waals surface area contributed by atoms with Crippen molar-refractivity contribution in [3.8, 4) is 5.75 Å². The zero-order chi connectivity index (χ0) is 14.7. The predicted molar refractivity (Wildman–Crippen MR) is 90.8 cm³/mol. The van der Waals surface area contributed by atoms with Gasteiger partial charge in [0.05, 0.1) is 0 Å². The minimum atomic E-state index is 0.380. The number of ether oxygens (including phenoxy) is 1. The Balaban J connectivity index is 1.72. The standard InChI is InChI=1S/C18H26BrNO/c1-2-20-17-12-15(10-13-6-4-3-5-7-13)21-18-9-8-14(19)11-16(17)18/h8-9,11,13,15,17,20H,2-7,10,12H2,1H3. The van der Waals surface area contributed by atoms with Crippen LogP contribution in [0.25, 0.3) is 0 Å². The summed E-state index contributed by atoms with van der Waals surface area (Å²) in [6.45, 7) is 3.19. The van der Waals surface area contributed by atoms with Crippen LogP contribution in [0.2, 0.25) is 0 Å². The van der Waals surface area contributed by atoms with Crippen LogP contribution in [0, 0.1) is 5.92 Å². The van der Waals surface area contributed by atoms with E-state index in [1.165, 1.54) is 44.1 Å². The van der Waals surface area contributed by atoms with Crippen LogP contribution < -0.4 is 10.1 Å². The lowest BCUT2D eigenvalue weighted by atomic mass is 9.83. The first kappa shape index (κ1) is 15.4. The average molecular weight is 352 g/mol. The summed E-state index contributed by atoms with van der Waals surface area (Å²) in [6, 6.07) is 6.85. The summed E-state index contributed by atoms with van der Waals surface area (Å²) in [5.74, 6) is 1.96. The van der Waals surface area contributed by atoms with Crippen molar-refractivity contribution in [2.75, 3.05) is 6.54 Å². The minimum Gasteiger partial charge on any atom is -0.490 e. The number of nitrogens with one attached hydrogen (secondary N) is 1. The lowest BCUT2D eigenvalue weighted by Crippen LogP contribution is -2.34. The first-order chi connectivity index (χ1) is 10.3. The molecule has 0 amide bonds. The van der Waals surface area contributed by atoms with E-state index in [0.29, 0.717) is 12.1 Å². The molecule has 0 bridgehead atoms. The van der Waals surface area contributed by atoms with E-state index in [4.69, 9.17) is 4.74 Å². The fourth-order valence-corrected chi connectivity index (χ4v) is 4.27. The molecule has 0 spiro atoms. The molecule has 1 aliphatic heterocycles. The molecule has 1 aliphatic carbocycles. The number of benzene rings is 1. The van der Waals surface area contributed by atoms with Gasteiger partial charge in [-0.2, -0.15) is 0 Å². The summed E-state index contributed by atoms with van der Waals surface area (Å²) in [5, 5.41) is 3.63. The molecular weight excluding hydrogens is 326 g/mol. The molecule has 2 nitrogen and oxygen atoms in total. The van der Waals surface area contributed by atoms with Gasteiger partial charge in [-0.3, -0.25) is 0 Å². The van der Waals surface area contributed by atoms with Gasteiger partial charge in [0.25, 0.3) is 0 Å². The Morgan fingerprint density at radius 3 is 2.81 bits per heavy atom. The van der Waals surface area contributed by atoms with Crippen molar-refractivity contribution >= 4 is 15.9 Å². The molecule has 2 unspecified atom stereocenters. The van der Waals surface area contributed by atoms with Crippen molar-refractivity contribution in [2.45, 2.75) is 64.0 Å². The van der Waals surface area contributed by atoms with E-state index in [0.717, 1.165) is 29.1 Å². The number of hydrogen-bond acceptors (Lipinski definition) is 2. The van der Waals surface area contributed by atoms with Gasteiger partial charge in [0.15, 0.2) is 0 Å². The molecule has 1 heterocycles. The molecule has 2 aliphatic rings. The molecule has 21 heavy (non-hydrogen) atoms. The normalized spacial score (nSPS) is 26.2. The molecular formula is C18H26BrNO. The van der Waals surface area contributed by atoms with Crippen LogP contribution in [0.3, 0.4) is 0 Å². The monoisotopic (exact) mass is 351 g/mol. The van der Waals surface area contributed by atoms with Crippen LogP contribution in [0.4, 0.5) is 0 Å². The Morgan fingerprint density at radius 2 is 2.05 bits per heavy atom. The Hall–Kier alpha value is -0.540. The highest BCUT2D eigenvalue weighted by molar-refractivity contribution is 9.10. The van der Waals surface area contributed by atoms with Crippen molar-refractivity contribution in [3.63, 3.8) is 0 Å². The second-order valence-electron chi connectivity index (χ2n) is 6.51. The largest absolute Gasteiger partial charge is 0.490 e. The molecule has 2 atom stereocenters. The lowest BCUT2D eigenvalue weighted by molar-refractivity contribution is 0.113. The minimum absolute atomic E-state index is 0.380. The molecule has 1 fully saturated rings. The molecule has 0 radical (unpaired) electrons. The van der Waals surface area contributed by atoms with Crippen molar-refractivity contribution in [1.29, 1.82) is 0 Å². The molecule has 1 N–H and O–H groups in total. The van der Waals surface area contributed by atoms with Gasteiger partial charge < -0.3 is 10.1 Å². The van der Waals surface area contributed by atoms with Crippen molar-refractivity contribution in [2.24, 2.45) is 5.92 Å². The number of halogens is 1. The molecule has 1 aromatic carbocycles. The first-order valence-corrected chi connectivity index (χ1v) is 9.25. The SMILES string of the molecule is CCNC1CC(CC2CCCCC2)Oc2ccc(Br)cc21. The third-order valence-electron chi connectivity index (χ3n) is 4.91. The van der Waals surface area contributed by atoms with E-state index in [1.54, 1.807) is 0 Å². The highest BCUT2D eigenvalue weighted by atomic mass is 79.9. The third kappa shape index (κ3) is 3.81. The number of rotatable bonds is 4. The summed E-state index contributed by atoms with van der Waals surface area (Å²) >= 11 is 3.58. The van der Waals surface area contributed by atoms with Crippen molar-refractivity contribution in [3.05, 3.63) is 28.2 Å². The van der Waals surface area contributed by atoms with Crippen molar-refractivity contribution in [1.82, 2.24) is 5.32 Å². The Labute approximate surface area is 136 Å². The van der Waals surface area contributed by atoms with Gasteiger partial charge in [0.1, 0.15) is 11.9 Å². The molecule has 116 valence electrons. The van der Waals surface area contributed by atoms with E-state index < -0.39 is 0 Å². The molecule has 3 heteroatoms. The van der Waals surface area contributed by atoms with Gasteiger partial charge >= 0.3 is 0 Å². The number of hydrogen-bond donors (Lipinski definition) is 1. The zero-order valence-electron chi connectivity index (χ0n) is 12.9.